The van der Waals surface area contributed by atoms with Crippen LogP contribution in [0.1, 0.15) is 42.5 Å². The quantitative estimate of drug-likeness (QED) is 0.754. The number of rotatable bonds is 5. The molecule has 1 amide bonds. The Hall–Kier alpha value is -2.47. The van der Waals surface area contributed by atoms with E-state index in [1.54, 1.807) is 17.8 Å². The van der Waals surface area contributed by atoms with E-state index < -0.39 is 0 Å². The van der Waals surface area contributed by atoms with Crippen LogP contribution in [0.2, 0.25) is 5.15 Å². The van der Waals surface area contributed by atoms with Crippen molar-refractivity contribution in [3.63, 3.8) is 0 Å². The van der Waals surface area contributed by atoms with Crippen LogP contribution < -0.4 is 14.8 Å². The van der Waals surface area contributed by atoms with E-state index in [1.165, 1.54) is 11.6 Å². The van der Waals surface area contributed by atoms with Gasteiger partial charge in [0.2, 0.25) is 5.91 Å². The average Bonchev–Trinajstić information content (AvgIpc) is 3.30. The van der Waals surface area contributed by atoms with E-state index >= 15 is 0 Å². The Morgan fingerprint density at radius 3 is 2.69 bits per heavy atom. The fourth-order valence-electron chi connectivity index (χ4n) is 4.30. The van der Waals surface area contributed by atoms with Crippen LogP contribution in [0.5, 0.6) is 11.5 Å². The molecule has 7 heteroatoms. The molecule has 4 rings (SSSR count). The molecule has 1 aromatic carbocycles. The van der Waals surface area contributed by atoms with E-state index in [1.807, 2.05) is 13.0 Å². The highest BCUT2D eigenvalue weighted by atomic mass is 35.5. The van der Waals surface area contributed by atoms with E-state index in [0.29, 0.717) is 24.9 Å². The second-order valence-corrected chi connectivity index (χ2v) is 8.17. The maximum absolute atomic E-state index is 12.5. The van der Waals surface area contributed by atoms with E-state index in [9.17, 15) is 4.79 Å². The molecule has 1 aliphatic heterocycles. The molecule has 1 aliphatic carbocycles. The van der Waals surface area contributed by atoms with Crippen molar-refractivity contribution in [1.82, 2.24) is 15.1 Å². The SMILES string of the molecule is Cc1nn(C)c(Cl)c1/C=C/C(=O)NCC1(c2ccc3c(c2)OCCO3)CCCC1. The lowest BCUT2D eigenvalue weighted by molar-refractivity contribution is -0.116. The zero-order chi connectivity index (χ0) is 20.4. The Kier molecular flexibility index (Phi) is 5.54. The molecule has 0 spiro atoms. The summed E-state index contributed by atoms with van der Waals surface area (Å²) < 4.78 is 13.0. The molecule has 1 saturated carbocycles. The number of nitrogens with zero attached hydrogens (tertiary/aromatic N) is 2. The van der Waals surface area contributed by atoms with Crippen LogP contribution in [0.3, 0.4) is 0 Å². The van der Waals surface area contributed by atoms with Crippen molar-refractivity contribution in [3.8, 4) is 11.5 Å². The number of carbonyl (C=O) groups is 1. The summed E-state index contributed by atoms with van der Waals surface area (Å²) >= 11 is 6.23. The monoisotopic (exact) mass is 415 g/mol. The van der Waals surface area contributed by atoms with Gasteiger partial charge in [0.1, 0.15) is 18.4 Å². The lowest BCUT2D eigenvalue weighted by Gasteiger charge is -2.31. The number of aryl methyl sites for hydroxylation is 2. The number of hydrogen-bond acceptors (Lipinski definition) is 4. The van der Waals surface area contributed by atoms with E-state index in [-0.39, 0.29) is 11.3 Å². The van der Waals surface area contributed by atoms with Crippen LogP contribution in [-0.2, 0) is 17.3 Å². The zero-order valence-electron chi connectivity index (χ0n) is 16.8. The van der Waals surface area contributed by atoms with Gasteiger partial charge in [0.25, 0.3) is 0 Å². The summed E-state index contributed by atoms with van der Waals surface area (Å²) in [6.45, 7) is 3.62. The topological polar surface area (TPSA) is 65.4 Å². The fraction of sp³-hybridized carbons (Fsp3) is 0.455. The maximum Gasteiger partial charge on any atom is 0.244 e. The highest BCUT2D eigenvalue weighted by Gasteiger charge is 2.36. The van der Waals surface area contributed by atoms with Gasteiger partial charge in [-0.2, -0.15) is 5.10 Å². The third kappa shape index (κ3) is 3.99. The number of halogens is 1. The minimum Gasteiger partial charge on any atom is -0.486 e. The van der Waals surface area contributed by atoms with Gasteiger partial charge in [-0.05, 0) is 43.5 Å². The molecule has 0 unspecified atom stereocenters. The molecular formula is C22H26ClN3O3. The predicted octanol–water partition coefficient (Wildman–Crippen LogP) is 3.79. The Balaban J connectivity index is 1.47. The number of carbonyl (C=O) groups excluding carboxylic acids is 1. The molecule has 0 radical (unpaired) electrons. The zero-order valence-corrected chi connectivity index (χ0v) is 17.6. The summed E-state index contributed by atoms with van der Waals surface area (Å²) in [6, 6.07) is 6.18. The van der Waals surface area contributed by atoms with Gasteiger partial charge in [-0.15, -0.1) is 0 Å². The molecule has 1 N–H and O–H groups in total. The van der Waals surface area contributed by atoms with Crippen molar-refractivity contribution in [2.45, 2.75) is 38.0 Å². The van der Waals surface area contributed by atoms with Gasteiger partial charge in [-0.1, -0.05) is 30.5 Å². The van der Waals surface area contributed by atoms with Crippen LogP contribution in [0.15, 0.2) is 24.3 Å². The normalized spacial score (nSPS) is 17.6. The highest BCUT2D eigenvalue weighted by Crippen LogP contribution is 2.43. The second kappa shape index (κ2) is 8.11. The van der Waals surface area contributed by atoms with Crippen molar-refractivity contribution in [3.05, 3.63) is 46.2 Å². The van der Waals surface area contributed by atoms with Gasteiger partial charge in [0.05, 0.1) is 5.69 Å². The Bertz CT molecular complexity index is 945. The van der Waals surface area contributed by atoms with Gasteiger partial charge in [0.15, 0.2) is 11.5 Å². The highest BCUT2D eigenvalue weighted by molar-refractivity contribution is 6.31. The molecule has 0 atom stereocenters. The van der Waals surface area contributed by atoms with Crippen molar-refractivity contribution in [2.24, 2.45) is 7.05 Å². The van der Waals surface area contributed by atoms with Gasteiger partial charge in [0, 0.05) is 30.6 Å². The third-order valence-corrected chi connectivity index (χ3v) is 6.36. The number of aromatic nitrogens is 2. The number of fused-ring (bicyclic) bond motifs is 1. The fourth-order valence-corrected chi connectivity index (χ4v) is 4.54. The summed E-state index contributed by atoms with van der Waals surface area (Å²) in [4.78, 5) is 12.5. The minimum atomic E-state index is -0.131. The molecular weight excluding hydrogens is 390 g/mol. The first kappa shape index (κ1) is 19.8. The molecule has 2 aliphatic rings. The Morgan fingerprint density at radius 2 is 2.00 bits per heavy atom. The predicted molar refractivity (Wildman–Crippen MR) is 113 cm³/mol. The Labute approximate surface area is 175 Å². The maximum atomic E-state index is 12.5. The number of benzene rings is 1. The molecule has 29 heavy (non-hydrogen) atoms. The lowest BCUT2D eigenvalue weighted by Crippen LogP contribution is -2.38. The van der Waals surface area contributed by atoms with Gasteiger partial charge in [-0.3, -0.25) is 9.48 Å². The first-order chi connectivity index (χ1) is 14.0. The van der Waals surface area contributed by atoms with Gasteiger partial charge in [-0.25, -0.2) is 0 Å². The van der Waals surface area contributed by atoms with Crippen molar-refractivity contribution < 1.29 is 14.3 Å². The summed E-state index contributed by atoms with van der Waals surface area (Å²) in [5.74, 6) is 1.46. The summed E-state index contributed by atoms with van der Waals surface area (Å²) in [5.41, 5.74) is 2.70. The first-order valence-corrected chi connectivity index (χ1v) is 10.4. The van der Waals surface area contributed by atoms with Gasteiger partial charge < -0.3 is 14.8 Å². The molecule has 6 nitrogen and oxygen atoms in total. The van der Waals surface area contributed by atoms with Crippen molar-refractivity contribution in [1.29, 1.82) is 0 Å². The van der Waals surface area contributed by atoms with Gasteiger partial charge >= 0.3 is 0 Å². The van der Waals surface area contributed by atoms with Crippen LogP contribution in [0, 0.1) is 6.92 Å². The summed E-state index contributed by atoms with van der Waals surface area (Å²) in [7, 11) is 1.78. The third-order valence-electron chi connectivity index (χ3n) is 5.91. The van der Waals surface area contributed by atoms with E-state index in [4.69, 9.17) is 21.1 Å². The van der Waals surface area contributed by atoms with Crippen LogP contribution in [0.4, 0.5) is 0 Å². The van der Waals surface area contributed by atoms with E-state index in [0.717, 1.165) is 48.4 Å². The van der Waals surface area contributed by atoms with Crippen LogP contribution in [0.25, 0.3) is 6.08 Å². The number of ether oxygens (including phenoxy) is 2. The molecule has 0 saturated heterocycles. The number of hydrogen-bond donors (Lipinski definition) is 1. The molecule has 1 aromatic heterocycles. The minimum absolute atomic E-state index is 0.0683. The second-order valence-electron chi connectivity index (χ2n) is 7.81. The number of amides is 1. The van der Waals surface area contributed by atoms with E-state index in [2.05, 4.69) is 22.5 Å². The Morgan fingerprint density at radius 1 is 1.28 bits per heavy atom. The molecule has 0 bridgehead atoms. The summed E-state index contributed by atoms with van der Waals surface area (Å²) in [5, 5.41) is 7.88. The van der Waals surface area contributed by atoms with Crippen LogP contribution >= 0.6 is 11.6 Å². The molecule has 154 valence electrons. The smallest absolute Gasteiger partial charge is 0.244 e. The molecule has 2 heterocycles. The van der Waals surface area contributed by atoms with Crippen molar-refractivity contribution >= 4 is 23.6 Å². The summed E-state index contributed by atoms with van der Waals surface area (Å²) in [6.07, 6.45) is 7.66. The number of nitrogens with one attached hydrogen (secondary N) is 1. The van der Waals surface area contributed by atoms with Crippen LogP contribution in [-0.4, -0.2) is 35.4 Å². The first-order valence-electron chi connectivity index (χ1n) is 10.0. The largest absolute Gasteiger partial charge is 0.486 e. The van der Waals surface area contributed by atoms with Crippen molar-refractivity contribution in [2.75, 3.05) is 19.8 Å². The molecule has 1 fully saturated rings. The lowest BCUT2D eigenvalue weighted by atomic mass is 9.78. The standard InChI is InChI=1S/C22H26ClN3O3/c1-15-17(21(23)26(2)25-15)6-8-20(27)24-14-22(9-3-4-10-22)16-5-7-18-19(13-16)29-12-11-28-18/h5-8,13H,3-4,9-12,14H2,1-2H3,(H,24,27)/b8-6+. The molecule has 2 aromatic rings. The average molecular weight is 416 g/mol.